The summed E-state index contributed by atoms with van der Waals surface area (Å²) in [6.07, 6.45) is 0. The van der Waals surface area contributed by atoms with Crippen LogP contribution < -0.4 is 10.6 Å². The highest BCUT2D eigenvalue weighted by Gasteiger charge is 2.22. The lowest BCUT2D eigenvalue weighted by atomic mass is 10.2. The molecule has 0 saturated heterocycles. The van der Waals surface area contributed by atoms with Crippen molar-refractivity contribution in [3.05, 3.63) is 93.5 Å². The van der Waals surface area contributed by atoms with Crippen molar-refractivity contribution in [1.29, 1.82) is 0 Å². The van der Waals surface area contributed by atoms with E-state index in [2.05, 4.69) is 15.6 Å². The zero-order valence-corrected chi connectivity index (χ0v) is 19.9. The number of aryl methyl sites for hydroxylation is 1. The van der Waals surface area contributed by atoms with E-state index in [1.54, 1.807) is 36.6 Å². The standard InChI is InChI=1S/C25H21Cl2FN4O2/c1-14-7-10-20(19(28)11-14)30-23(33)13-32-22-6-4-3-5-21(22)31-24(32)15(2)29-25(34)17-9-8-16(26)12-18(17)27/h3-12,15H,13H2,1-2H3,(H,29,34)(H,30,33)/t15-/m1/s1. The minimum atomic E-state index is -0.560. The summed E-state index contributed by atoms with van der Waals surface area (Å²) in [6.45, 7) is 3.41. The molecule has 0 spiro atoms. The van der Waals surface area contributed by atoms with Crippen molar-refractivity contribution >= 4 is 51.7 Å². The van der Waals surface area contributed by atoms with Crippen molar-refractivity contribution < 1.29 is 14.0 Å². The number of carbonyl (C=O) groups is 2. The molecule has 0 unspecified atom stereocenters. The lowest BCUT2D eigenvalue weighted by Crippen LogP contribution is -2.30. The van der Waals surface area contributed by atoms with Crippen LogP contribution in [-0.4, -0.2) is 21.4 Å². The SMILES string of the molecule is Cc1ccc(NC(=O)Cn2c([C@@H](C)NC(=O)c3ccc(Cl)cc3Cl)nc3ccccc32)c(F)c1. The number of aromatic nitrogens is 2. The van der Waals surface area contributed by atoms with E-state index in [4.69, 9.17) is 23.2 Å². The third kappa shape index (κ3) is 5.05. The topological polar surface area (TPSA) is 76.0 Å². The first-order valence-corrected chi connectivity index (χ1v) is 11.3. The van der Waals surface area contributed by atoms with Gasteiger partial charge in [0.15, 0.2) is 0 Å². The molecule has 0 bridgehead atoms. The van der Waals surface area contributed by atoms with Gasteiger partial charge in [0.2, 0.25) is 5.91 Å². The molecule has 34 heavy (non-hydrogen) atoms. The Kier molecular flexibility index (Phi) is 6.86. The van der Waals surface area contributed by atoms with Crippen molar-refractivity contribution in [2.45, 2.75) is 26.4 Å². The zero-order valence-electron chi connectivity index (χ0n) is 18.4. The Labute approximate surface area is 205 Å². The molecule has 2 N–H and O–H groups in total. The molecule has 174 valence electrons. The third-order valence-corrected chi connectivity index (χ3v) is 5.84. The number of anilines is 1. The van der Waals surface area contributed by atoms with Crippen LogP contribution in [-0.2, 0) is 11.3 Å². The summed E-state index contributed by atoms with van der Waals surface area (Å²) in [5.74, 6) is -0.867. The second kappa shape index (κ2) is 9.83. The highest BCUT2D eigenvalue weighted by atomic mass is 35.5. The van der Waals surface area contributed by atoms with Crippen LogP contribution in [0.15, 0.2) is 60.7 Å². The molecule has 9 heteroatoms. The average molecular weight is 499 g/mol. The molecule has 0 fully saturated rings. The predicted octanol–water partition coefficient (Wildman–Crippen LogP) is 5.92. The Morgan fingerprint density at radius 2 is 1.85 bits per heavy atom. The van der Waals surface area contributed by atoms with Gasteiger partial charge in [-0.2, -0.15) is 0 Å². The van der Waals surface area contributed by atoms with Gasteiger partial charge in [-0.15, -0.1) is 0 Å². The molecular formula is C25H21Cl2FN4O2. The second-order valence-corrected chi connectivity index (χ2v) is 8.74. The molecule has 3 aromatic carbocycles. The van der Waals surface area contributed by atoms with Gasteiger partial charge >= 0.3 is 0 Å². The summed E-state index contributed by atoms with van der Waals surface area (Å²) >= 11 is 12.1. The van der Waals surface area contributed by atoms with Crippen molar-refractivity contribution in [3.8, 4) is 0 Å². The van der Waals surface area contributed by atoms with Gasteiger partial charge < -0.3 is 15.2 Å². The lowest BCUT2D eigenvalue weighted by Gasteiger charge is -2.17. The maximum absolute atomic E-state index is 14.2. The molecule has 4 aromatic rings. The van der Waals surface area contributed by atoms with Gasteiger partial charge in [0, 0.05) is 5.02 Å². The van der Waals surface area contributed by atoms with E-state index in [1.807, 2.05) is 24.3 Å². The van der Waals surface area contributed by atoms with Crippen LogP contribution in [0.4, 0.5) is 10.1 Å². The summed E-state index contributed by atoms with van der Waals surface area (Å²) in [4.78, 5) is 30.3. The number of nitrogens with one attached hydrogen (secondary N) is 2. The van der Waals surface area contributed by atoms with E-state index in [0.717, 1.165) is 5.56 Å². The Balaban J connectivity index is 1.60. The van der Waals surface area contributed by atoms with Crippen LogP contribution in [0.1, 0.15) is 34.7 Å². The number of nitrogens with zero attached hydrogens (tertiary/aromatic N) is 2. The monoisotopic (exact) mass is 498 g/mol. The number of halogens is 3. The molecule has 2 amide bonds. The van der Waals surface area contributed by atoms with E-state index in [0.29, 0.717) is 21.9 Å². The Morgan fingerprint density at radius 3 is 2.59 bits per heavy atom. The summed E-state index contributed by atoms with van der Waals surface area (Å²) in [5.41, 5.74) is 2.50. The number of benzene rings is 3. The number of hydrogen-bond acceptors (Lipinski definition) is 3. The largest absolute Gasteiger partial charge is 0.342 e. The maximum Gasteiger partial charge on any atom is 0.253 e. The number of para-hydroxylation sites is 2. The van der Waals surface area contributed by atoms with E-state index >= 15 is 0 Å². The molecule has 0 aliphatic carbocycles. The maximum atomic E-state index is 14.2. The average Bonchev–Trinajstić information content (AvgIpc) is 3.14. The van der Waals surface area contributed by atoms with Crippen molar-refractivity contribution in [2.75, 3.05) is 5.32 Å². The normalized spacial score (nSPS) is 11.9. The van der Waals surface area contributed by atoms with Crippen LogP contribution in [0, 0.1) is 12.7 Å². The first-order chi connectivity index (χ1) is 16.2. The minimum Gasteiger partial charge on any atom is -0.342 e. The van der Waals surface area contributed by atoms with Crippen LogP contribution in [0.2, 0.25) is 10.0 Å². The highest BCUT2D eigenvalue weighted by Crippen LogP contribution is 2.24. The number of hydrogen-bond donors (Lipinski definition) is 2. The van der Waals surface area contributed by atoms with Gasteiger partial charge in [-0.3, -0.25) is 9.59 Å². The number of carbonyl (C=O) groups excluding carboxylic acids is 2. The Bertz CT molecular complexity index is 1400. The summed E-state index contributed by atoms with van der Waals surface area (Å²) < 4.78 is 15.9. The molecule has 1 atom stereocenters. The molecular weight excluding hydrogens is 478 g/mol. The van der Waals surface area contributed by atoms with Crippen molar-refractivity contribution in [3.63, 3.8) is 0 Å². The van der Waals surface area contributed by atoms with Gasteiger partial charge in [0.25, 0.3) is 5.91 Å². The zero-order chi connectivity index (χ0) is 24.4. The second-order valence-electron chi connectivity index (χ2n) is 7.90. The van der Waals surface area contributed by atoms with E-state index in [-0.39, 0.29) is 22.8 Å². The Morgan fingerprint density at radius 1 is 1.09 bits per heavy atom. The van der Waals surface area contributed by atoms with Crippen LogP contribution >= 0.6 is 23.2 Å². The van der Waals surface area contributed by atoms with Crippen LogP contribution in [0.3, 0.4) is 0 Å². The van der Waals surface area contributed by atoms with Crippen molar-refractivity contribution in [2.24, 2.45) is 0 Å². The molecule has 4 rings (SSSR count). The van der Waals surface area contributed by atoms with Crippen LogP contribution in [0.25, 0.3) is 11.0 Å². The summed E-state index contributed by atoms with van der Waals surface area (Å²) in [6, 6.07) is 16.0. The van der Waals surface area contributed by atoms with Crippen molar-refractivity contribution in [1.82, 2.24) is 14.9 Å². The molecule has 0 radical (unpaired) electrons. The fraction of sp³-hybridized carbons (Fsp3) is 0.160. The summed E-state index contributed by atoms with van der Waals surface area (Å²) in [7, 11) is 0. The first kappa shape index (κ1) is 23.7. The van der Waals surface area contributed by atoms with Gasteiger partial charge in [-0.1, -0.05) is 41.4 Å². The first-order valence-electron chi connectivity index (χ1n) is 10.5. The fourth-order valence-corrected chi connectivity index (χ4v) is 4.15. The predicted molar refractivity (Wildman–Crippen MR) is 132 cm³/mol. The number of fused-ring (bicyclic) bond motifs is 1. The number of rotatable bonds is 6. The smallest absolute Gasteiger partial charge is 0.253 e. The Hall–Kier alpha value is -3.42. The molecule has 0 aliphatic rings. The lowest BCUT2D eigenvalue weighted by molar-refractivity contribution is -0.116. The molecule has 0 aliphatic heterocycles. The molecule has 0 saturated carbocycles. The molecule has 6 nitrogen and oxygen atoms in total. The minimum absolute atomic E-state index is 0.0975. The van der Waals surface area contributed by atoms with E-state index < -0.39 is 23.7 Å². The van der Waals surface area contributed by atoms with E-state index in [1.165, 1.54) is 18.2 Å². The van der Waals surface area contributed by atoms with Gasteiger partial charge in [-0.05, 0) is 61.9 Å². The fourth-order valence-electron chi connectivity index (χ4n) is 3.66. The van der Waals surface area contributed by atoms with Gasteiger partial charge in [0.1, 0.15) is 18.2 Å². The summed E-state index contributed by atoms with van der Waals surface area (Å²) in [5, 5.41) is 6.13. The van der Waals surface area contributed by atoms with E-state index in [9.17, 15) is 14.0 Å². The highest BCUT2D eigenvalue weighted by molar-refractivity contribution is 6.36. The quantitative estimate of drug-likeness (QED) is 0.346. The van der Waals surface area contributed by atoms with Gasteiger partial charge in [0.05, 0.1) is 33.3 Å². The van der Waals surface area contributed by atoms with Crippen LogP contribution in [0.5, 0.6) is 0 Å². The molecule has 1 heterocycles. The van der Waals surface area contributed by atoms with Gasteiger partial charge in [-0.25, -0.2) is 9.37 Å². The number of imidazole rings is 1. The third-order valence-electron chi connectivity index (χ3n) is 5.30. The molecule has 1 aromatic heterocycles. The number of amides is 2.